The molecular weight excluding hydrogens is 355 g/mol. The average Bonchev–Trinajstić information content (AvgIpc) is 2.07. The van der Waals surface area contributed by atoms with Crippen molar-refractivity contribution in [3.63, 3.8) is 0 Å². The summed E-state index contributed by atoms with van der Waals surface area (Å²) in [4.78, 5) is 2.95. The summed E-state index contributed by atoms with van der Waals surface area (Å²) in [6.45, 7) is 0. The summed E-state index contributed by atoms with van der Waals surface area (Å²) in [6, 6.07) is 0. The molecule has 2 nitrogen and oxygen atoms in total. The highest BCUT2D eigenvalue weighted by Crippen LogP contribution is 2.32. The van der Waals surface area contributed by atoms with E-state index in [1.807, 2.05) is 0 Å². The van der Waals surface area contributed by atoms with Crippen molar-refractivity contribution in [3.05, 3.63) is 21.1 Å². The number of ether oxygens (including phenoxy) is 1. The third-order valence-corrected chi connectivity index (χ3v) is 2.27. The molecule has 0 bridgehead atoms. The first-order chi connectivity index (χ1) is 7.22. The number of aromatic nitrogens is 1. The van der Waals surface area contributed by atoms with Crippen LogP contribution in [0, 0.1) is 9.39 Å². The van der Waals surface area contributed by atoms with Crippen LogP contribution in [0.4, 0.5) is 26.3 Å². The second-order valence-corrected chi connectivity index (χ2v) is 3.65. The third-order valence-electron chi connectivity index (χ3n) is 1.41. The van der Waals surface area contributed by atoms with Crippen molar-refractivity contribution in [1.82, 2.24) is 4.98 Å². The zero-order valence-electron chi connectivity index (χ0n) is 7.16. The van der Waals surface area contributed by atoms with Crippen LogP contribution in [0.2, 0.25) is 0 Å². The SMILES string of the molecule is Fc1c(OC(F)(F)F)ncc(I)c1C(F)F. The Hall–Kier alpha value is -0.740. The van der Waals surface area contributed by atoms with Gasteiger partial charge in [-0.3, -0.25) is 0 Å². The quantitative estimate of drug-likeness (QED) is 0.596. The molecule has 0 fully saturated rings. The van der Waals surface area contributed by atoms with E-state index in [1.165, 1.54) is 22.6 Å². The highest BCUT2D eigenvalue weighted by atomic mass is 127. The predicted octanol–water partition coefficient (Wildman–Crippen LogP) is 3.66. The van der Waals surface area contributed by atoms with Crippen molar-refractivity contribution in [2.75, 3.05) is 0 Å². The van der Waals surface area contributed by atoms with Crippen molar-refractivity contribution in [1.29, 1.82) is 0 Å². The molecule has 1 aromatic rings. The Morgan fingerprint density at radius 2 is 1.88 bits per heavy atom. The van der Waals surface area contributed by atoms with Gasteiger partial charge in [0.15, 0.2) is 5.82 Å². The number of alkyl halides is 5. The lowest BCUT2D eigenvalue weighted by molar-refractivity contribution is -0.277. The van der Waals surface area contributed by atoms with Gasteiger partial charge in [-0.25, -0.2) is 18.2 Å². The average molecular weight is 357 g/mol. The summed E-state index contributed by atoms with van der Waals surface area (Å²) in [5.41, 5.74) is -1.16. The fraction of sp³-hybridized carbons (Fsp3) is 0.286. The minimum Gasteiger partial charge on any atom is -0.385 e. The number of rotatable bonds is 2. The molecule has 16 heavy (non-hydrogen) atoms. The van der Waals surface area contributed by atoms with Gasteiger partial charge < -0.3 is 4.74 Å². The molecule has 0 atom stereocenters. The lowest BCUT2D eigenvalue weighted by atomic mass is 10.2. The molecular formula is C7H2F6INO. The molecule has 0 unspecified atom stereocenters. The van der Waals surface area contributed by atoms with E-state index in [0.717, 1.165) is 0 Å². The Morgan fingerprint density at radius 3 is 2.31 bits per heavy atom. The Morgan fingerprint density at radius 1 is 1.31 bits per heavy atom. The maximum absolute atomic E-state index is 13.1. The molecule has 0 aliphatic carbocycles. The molecule has 0 aromatic carbocycles. The summed E-state index contributed by atoms with van der Waals surface area (Å²) in [7, 11) is 0. The number of hydrogen-bond acceptors (Lipinski definition) is 2. The van der Waals surface area contributed by atoms with Crippen LogP contribution in [0.3, 0.4) is 0 Å². The van der Waals surface area contributed by atoms with Crippen LogP contribution in [0.25, 0.3) is 0 Å². The summed E-state index contributed by atoms with van der Waals surface area (Å²) >= 11 is 1.34. The van der Waals surface area contributed by atoms with Gasteiger partial charge in [-0.2, -0.15) is 0 Å². The molecule has 1 aromatic heterocycles. The van der Waals surface area contributed by atoms with Crippen LogP contribution >= 0.6 is 22.6 Å². The zero-order valence-corrected chi connectivity index (χ0v) is 9.31. The molecule has 1 heterocycles. The van der Waals surface area contributed by atoms with E-state index in [0.29, 0.717) is 6.20 Å². The van der Waals surface area contributed by atoms with Gasteiger partial charge in [-0.1, -0.05) is 0 Å². The standard InChI is InChI=1S/C7H2F6INO/c8-4-3(5(9)10)2(14)1-15-6(4)16-7(11,12)13/h1,5H. The largest absolute Gasteiger partial charge is 0.574 e. The first-order valence-corrected chi connectivity index (χ1v) is 4.68. The van der Waals surface area contributed by atoms with Crippen LogP contribution in [0.5, 0.6) is 5.88 Å². The fourth-order valence-corrected chi connectivity index (χ4v) is 1.45. The van der Waals surface area contributed by atoms with E-state index in [-0.39, 0.29) is 3.57 Å². The molecule has 0 radical (unpaired) electrons. The summed E-state index contributed by atoms with van der Waals surface area (Å²) in [5, 5.41) is 0. The van der Waals surface area contributed by atoms with Crippen LogP contribution in [0.15, 0.2) is 6.20 Å². The molecule has 0 saturated heterocycles. The smallest absolute Gasteiger partial charge is 0.385 e. The Balaban J connectivity index is 3.19. The lowest BCUT2D eigenvalue weighted by Gasteiger charge is -2.11. The van der Waals surface area contributed by atoms with E-state index in [9.17, 15) is 26.3 Å². The van der Waals surface area contributed by atoms with Crippen molar-refractivity contribution in [3.8, 4) is 5.88 Å². The number of nitrogens with zero attached hydrogens (tertiary/aromatic N) is 1. The van der Waals surface area contributed by atoms with Crippen molar-refractivity contribution in [2.45, 2.75) is 12.8 Å². The lowest BCUT2D eigenvalue weighted by Crippen LogP contribution is -2.19. The van der Waals surface area contributed by atoms with Gasteiger partial charge in [0.1, 0.15) is 0 Å². The summed E-state index contributed by atoms with van der Waals surface area (Å²) in [6.07, 6.45) is -7.75. The fourth-order valence-electron chi connectivity index (χ4n) is 0.842. The second-order valence-electron chi connectivity index (χ2n) is 2.49. The maximum Gasteiger partial charge on any atom is 0.574 e. The minimum atomic E-state index is -5.18. The van der Waals surface area contributed by atoms with Gasteiger partial charge in [-0.15, -0.1) is 13.2 Å². The zero-order chi connectivity index (χ0) is 12.5. The molecule has 0 spiro atoms. The maximum atomic E-state index is 13.1. The van der Waals surface area contributed by atoms with E-state index in [1.54, 1.807) is 0 Å². The molecule has 0 saturated carbocycles. The van der Waals surface area contributed by atoms with Gasteiger partial charge in [0.05, 0.1) is 5.56 Å². The topological polar surface area (TPSA) is 22.1 Å². The monoisotopic (exact) mass is 357 g/mol. The van der Waals surface area contributed by atoms with E-state index >= 15 is 0 Å². The normalized spacial score (nSPS) is 12.0. The Bertz CT molecular complexity index is 393. The van der Waals surface area contributed by atoms with E-state index < -0.39 is 30.0 Å². The van der Waals surface area contributed by atoms with Crippen LogP contribution in [-0.2, 0) is 0 Å². The number of hydrogen-bond donors (Lipinski definition) is 0. The number of halogens is 7. The Labute approximate surface area is 98.7 Å². The van der Waals surface area contributed by atoms with Crippen LogP contribution < -0.4 is 4.74 Å². The third kappa shape index (κ3) is 3.12. The van der Waals surface area contributed by atoms with Crippen molar-refractivity contribution < 1.29 is 31.1 Å². The molecule has 0 amide bonds. The molecule has 9 heteroatoms. The molecule has 0 N–H and O–H groups in total. The summed E-state index contributed by atoms with van der Waals surface area (Å²) in [5.74, 6) is -3.32. The first-order valence-electron chi connectivity index (χ1n) is 3.60. The van der Waals surface area contributed by atoms with Gasteiger partial charge in [0, 0.05) is 9.77 Å². The van der Waals surface area contributed by atoms with E-state index in [4.69, 9.17) is 0 Å². The first kappa shape index (κ1) is 13.3. The highest BCUT2D eigenvalue weighted by molar-refractivity contribution is 14.1. The molecule has 1 rings (SSSR count). The van der Waals surface area contributed by atoms with Crippen LogP contribution in [0.1, 0.15) is 12.0 Å². The van der Waals surface area contributed by atoms with E-state index in [2.05, 4.69) is 9.72 Å². The van der Waals surface area contributed by atoms with Crippen molar-refractivity contribution in [2.24, 2.45) is 0 Å². The van der Waals surface area contributed by atoms with Gasteiger partial charge in [-0.05, 0) is 22.6 Å². The Kier molecular flexibility index (Phi) is 3.86. The summed E-state index contributed by atoms with van der Waals surface area (Å²) < 4.78 is 75.8. The highest BCUT2D eigenvalue weighted by Gasteiger charge is 2.35. The van der Waals surface area contributed by atoms with Gasteiger partial charge >= 0.3 is 6.36 Å². The molecule has 90 valence electrons. The second kappa shape index (κ2) is 4.63. The van der Waals surface area contributed by atoms with Crippen molar-refractivity contribution >= 4 is 22.6 Å². The van der Waals surface area contributed by atoms with Crippen LogP contribution in [-0.4, -0.2) is 11.3 Å². The number of pyridine rings is 1. The minimum absolute atomic E-state index is 0.278. The predicted molar refractivity (Wildman–Crippen MR) is 48.6 cm³/mol. The van der Waals surface area contributed by atoms with Gasteiger partial charge in [0.2, 0.25) is 0 Å². The molecule has 0 aliphatic heterocycles. The van der Waals surface area contributed by atoms with Gasteiger partial charge in [0.25, 0.3) is 12.3 Å². The molecule has 0 aliphatic rings.